The molecule has 1 fully saturated rings. The summed E-state index contributed by atoms with van der Waals surface area (Å²) in [5, 5.41) is 19.3. The van der Waals surface area contributed by atoms with Crippen LogP contribution in [-0.2, 0) is 4.74 Å². The van der Waals surface area contributed by atoms with Gasteiger partial charge in [-0.15, -0.1) is 0 Å². The van der Waals surface area contributed by atoms with E-state index >= 15 is 4.39 Å². The molecular weight excluding hydrogens is 433 g/mol. The molecule has 1 heterocycles. The number of aliphatic hydroxyl groups is 1. The molecule has 0 atom stereocenters. The van der Waals surface area contributed by atoms with Gasteiger partial charge in [0, 0.05) is 29.9 Å². The second-order valence-electron chi connectivity index (χ2n) is 9.17. The molecule has 0 bridgehead atoms. The van der Waals surface area contributed by atoms with Crippen molar-refractivity contribution in [1.82, 2.24) is 4.57 Å². The Balaban J connectivity index is 2.05. The van der Waals surface area contributed by atoms with Gasteiger partial charge in [0.05, 0.1) is 17.3 Å². The van der Waals surface area contributed by atoms with E-state index in [9.17, 15) is 18.7 Å². The number of hydrogen-bond acceptors (Lipinski definition) is 4. The lowest BCUT2D eigenvalue weighted by molar-refractivity contribution is 0.0545. The number of carbonyl (C=O) groups excluding carboxylic acids is 1. The zero-order valence-corrected chi connectivity index (χ0v) is 18.2. The van der Waals surface area contributed by atoms with E-state index in [1.165, 1.54) is 24.3 Å². The number of fused-ring (bicyclic) bond motifs is 1. The normalized spacial score (nSPS) is 18.1. The van der Waals surface area contributed by atoms with Crippen LogP contribution in [0.3, 0.4) is 0 Å². The minimum absolute atomic E-state index is 0.0588. The quantitative estimate of drug-likeness (QED) is 0.486. The van der Waals surface area contributed by atoms with E-state index in [0.29, 0.717) is 22.8 Å². The van der Waals surface area contributed by atoms with Crippen LogP contribution in [0.15, 0.2) is 42.0 Å². The Morgan fingerprint density at radius 3 is 2.36 bits per heavy atom. The van der Waals surface area contributed by atoms with Gasteiger partial charge in [0.1, 0.15) is 17.2 Å². The van der Waals surface area contributed by atoms with Crippen LogP contribution in [0.2, 0.25) is 0 Å². The fourth-order valence-electron chi connectivity index (χ4n) is 3.97. The van der Waals surface area contributed by atoms with Crippen LogP contribution in [-0.4, -0.2) is 27.0 Å². The van der Waals surface area contributed by atoms with Crippen molar-refractivity contribution in [2.45, 2.75) is 44.8 Å². The molecule has 0 amide bonds. The number of benzene rings is 2. The summed E-state index contributed by atoms with van der Waals surface area (Å²) in [6.45, 7) is 4.97. The van der Waals surface area contributed by atoms with Crippen LogP contribution >= 0.6 is 0 Å². The smallest absolute Gasteiger partial charge is 0.419 e. The van der Waals surface area contributed by atoms with Gasteiger partial charge in [-0.2, -0.15) is 5.26 Å². The summed E-state index contributed by atoms with van der Waals surface area (Å²) in [6.07, 6.45) is 0.836. The van der Waals surface area contributed by atoms with Crippen LogP contribution in [0.1, 0.15) is 39.2 Å². The van der Waals surface area contributed by atoms with Crippen molar-refractivity contribution in [1.29, 1.82) is 5.26 Å². The summed E-state index contributed by atoms with van der Waals surface area (Å²) < 4.78 is 49.4. The van der Waals surface area contributed by atoms with Gasteiger partial charge in [-0.3, -0.25) is 0 Å². The van der Waals surface area contributed by atoms with Gasteiger partial charge < -0.3 is 9.84 Å². The molecule has 0 unspecified atom stereocenters. The summed E-state index contributed by atoms with van der Waals surface area (Å²) in [5.74, 6) is -2.31. The second kappa shape index (κ2) is 7.78. The number of rotatable bonds is 2. The highest BCUT2D eigenvalue weighted by atomic mass is 19.1. The lowest BCUT2D eigenvalue weighted by Crippen LogP contribution is -2.36. The third-order valence-corrected chi connectivity index (χ3v) is 5.31. The number of ether oxygens (including phenoxy) is 1. The van der Waals surface area contributed by atoms with Gasteiger partial charge in [-0.1, -0.05) is 11.6 Å². The van der Waals surface area contributed by atoms with E-state index in [2.05, 4.69) is 0 Å². The highest BCUT2D eigenvalue weighted by molar-refractivity contribution is 6.04. The number of aromatic nitrogens is 1. The van der Waals surface area contributed by atoms with E-state index < -0.39 is 34.7 Å². The van der Waals surface area contributed by atoms with Crippen molar-refractivity contribution >= 4 is 23.1 Å². The van der Waals surface area contributed by atoms with Crippen LogP contribution in [0.25, 0.3) is 28.2 Å². The predicted molar refractivity (Wildman–Crippen MR) is 117 cm³/mol. The average Bonchev–Trinajstić information content (AvgIpc) is 3.00. The predicted octanol–water partition coefficient (Wildman–Crippen LogP) is 5.94. The molecule has 4 rings (SSSR count). The van der Waals surface area contributed by atoms with E-state index in [1.807, 2.05) is 6.07 Å². The van der Waals surface area contributed by atoms with Crippen LogP contribution < -0.4 is 0 Å². The van der Waals surface area contributed by atoms with Gasteiger partial charge in [-0.05, 0) is 56.7 Å². The summed E-state index contributed by atoms with van der Waals surface area (Å²) in [7, 11) is 0. The molecule has 1 aliphatic rings. The van der Waals surface area contributed by atoms with Crippen molar-refractivity contribution in [2.75, 3.05) is 0 Å². The topological polar surface area (TPSA) is 75.2 Å². The molecular formula is C25H21F3N2O3. The first kappa shape index (κ1) is 22.6. The maximum Gasteiger partial charge on any atom is 0.419 e. The van der Waals surface area contributed by atoms with Crippen LogP contribution in [0, 0.1) is 28.8 Å². The van der Waals surface area contributed by atoms with Crippen LogP contribution in [0.4, 0.5) is 18.0 Å². The first-order valence-corrected chi connectivity index (χ1v) is 10.3. The van der Waals surface area contributed by atoms with E-state index in [1.54, 1.807) is 26.8 Å². The van der Waals surface area contributed by atoms with Crippen molar-refractivity contribution in [3.05, 3.63) is 65.0 Å². The first-order chi connectivity index (χ1) is 15.4. The van der Waals surface area contributed by atoms with Gasteiger partial charge >= 0.3 is 6.09 Å². The maximum atomic E-state index is 15.1. The number of hydrogen-bond donors (Lipinski definition) is 1. The lowest BCUT2D eigenvalue weighted by Gasteiger charge is -2.32. The standard InChI is InChI=1S/C25H21F3N2O3/c1-24(2,3)33-23(31)30-21(15-4-6-16(26)7-5-15)18(8-14-11-25(32,12-14)13-29)19-9-17(27)10-20(28)22(19)30/h4-10,32H,11-12H2,1-3H3. The lowest BCUT2D eigenvalue weighted by atomic mass is 9.76. The molecule has 1 N–H and O–H groups in total. The Bertz CT molecular complexity index is 1330. The number of halogens is 3. The summed E-state index contributed by atoms with van der Waals surface area (Å²) >= 11 is 0. The second-order valence-corrected chi connectivity index (χ2v) is 9.17. The molecule has 0 spiro atoms. The Morgan fingerprint density at radius 1 is 1.15 bits per heavy atom. The molecule has 0 radical (unpaired) electrons. The molecule has 1 aromatic heterocycles. The third kappa shape index (κ3) is 4.24. The Morgan fingerprint density at radius 2 is 1.79 bits per heavy atom. The number of nitrogens with zero attached hydrogens (tertiary/aromatic N) is 2. The largest absolute Gasteiger partial charge is 0.443 e. The molecule has 0 saturated heterocycles. The van der Waals surface area contributed by atoms with Crippen molar-refractivity contribution in [3.63, 3.8) is 0 Å². The van der Waals surface area contributed by atoms with Crippen LogP contribution in [0.5, 0.6) is 0 Å². The molecule has 8 heteroatoms. The third-order valence-electron chi connectivity index (χ3n) is 5.31. The Labute approximate surface area is 188 Å². The van der Waals surface area contributed by atoms with Gasteiger partial charge in [0.25, 0.3) is 0 Å². The molecule has 2 aromatic carbocycles. The first-order valence-electron chi connectivity index (χ1n) is 10.3. The summed E-state index contributed by atoms with van der Waals surface area (Å²) in [5.41, 5.74) is -1.07. The SMILES string of the molecule is CC(C)(C)OC(=O)n1c(-c2ccc(F)cc2)c(C=C2CC(O)(C#N)C2)c2cc(F)cc(F)c21. The van der Waals surface area contributed by atoms with E-state index in [-0.39, 0.29) is 29.4 Å². The Kier molecular flexibility index (Phi) is 5.33. The highest BCUT2D eigenvalue weighted by Crippen LogP contribution is 2.42. The summed E-state index contributed by atoms with van der Waals surface area (Å²) in [6, 6.07) is 8.83. The minimum Gasteiger partial charge on any atom is -0.443 e. The summed E-state index contributed by atoms with van der Waals surface area (Å²) in [4.78, 5) is 13.2. The van der Waals surface area contributed by atoms with Crippen molar-refractivity contribution < 1.29 is 27.8 Å². The van der Waals surface area contributed by atoms with E-state index in [4.69, 9.17) is 10.00 Å². The number of carbonyl (C=O) groups is 1. The van der Waals surface area contributed by atoms with Crippen molar-refractivity contribution in [2.24, 2.45) is 0 Å². The zero-order chi connectivity index (χ0) is 24.1. The Hall–Kier alpha value is -3.57. The van der Waals surface area contributed by atoms with E-state index in [0.717, 1.165) is 10.6 Å². The molecule has 33 heavy (non-hydrogen) atoms. The molecule has 3 aromatic rings. The number of nitriles is 1. The monoisotopic (exact) mass is 454 g/mol. The average molecular weight is 454 g/mol. The fraction of sp³-hybridized carbons (Fsp3) is 0.280. The minimum atomic E-state index is -1.50. The molecule has 170 valence electrons. The maximum absolute atomic E-state index is 15.1. The van der Waals surface area contributed by atoms with Crippen molar-refractivity contribution in [3.8, 4) is 17.3 Å². The van der Waals surface area contributed by atoms with Gasteiger partial charge in [0.2, 0.25) is 0 Å². The van der Waals surface area contributed by atoms with Gasteiger partial charge in [-0.25, -0.2) is 22.5 Å². The molecule has 5 nitrogen and oxygen atoms in total. The molecule has 1 saturated carbocycles. The van der Waals surface area contributed by atoms with Gasteiger partial charge in [0.15, 0.2) is 11.4 Å². The molecule has 0 aliphatic heterocycles. The highest BCUT2D eigenvalue weighted by Gasteiger charge is 2.39. The molecule has 1 aliphatic carbocycles. The fourth-order valence-corrected chi connectivity index (χ4v) is 3.97. The zero-order valence-electron chi connectivity index (χ0n) is 18.2.